The number of carbonyl (C=O) groups excluding carboxylic acids is 1. The zero-order valence-electron chi connectivity index (χ0n) is 8.00. The molecule has 1 aromatic rings. The van der Waals surface area contributed by atoms with Gasteiger partial charge in [0.05, 0.1) is 7.11 Å². The van der Waals surface area contributed by atoms with Crippen molar-refractivity contribution in [2.24, 2.45) is 0 Å². The number of ether oxygens (including phenoxy) is 1. The van der Waals surface area contributed by atoms with E-state index < -0.39 is 5.97 Å². The molecular weight excluding hydrogens is 168 g/mol. The molecule has 0 N–H and O–H groups in total. The highest BCUT2D eigenvalue weighted by atomic mass is 16.5. The Balaban J connectivity index is 3.08. The molecule has 0 bridgehead atoms. The van der Waals surface area contributed by atoms with Crippen molar-refractivity contribution in [1.82, 2.24) is 9.97 Å². The van der Waals surface area contributed by atoms with Crippen molar-refractivity contribution in [3.8, 4) is 0 Å². The summed E-state index contributed by atoms with van der Waals surface area (Å²) in [6.07, 6.45) is 0.785. The van der Waals surface area contributed by atoms with Gasteiger partial charge in [0, 0.05) is 5.69 Å². The summed E-state index contributed by atoms with van der Waals surface area (Å²) in [4.78, 5) is 19.2. The average molecular weight is 180 g/mol. The fourth-order valence-corrected chi connectivity index (χ4v) is 1.02. The van der Waals surface area contributed by atoms with Crippen LogP contribution in [-0.2, 0) is 11.2 Å². The van der Waals surface area contributed by atoms with Crippen LogP contribution in [0.25, 0.3) is 0 Å². The molecule has 0 aliphatic heterocycles. The number of methoxy groups -OCH3 is 1. The van der Waals surface area contributed by atoms with Crippen LogP contribution in [0.5, 0.6) is 0 Å². The Morgan fingerprint density at radius 2 is 2.23 bits per heavy atom. The fourth-order valence-electron chi connectivity index (χ4n) is 1.02. The van der Waals surface area contributed by atoms with E-state index in [2.05, 4.69) is 14.7 Å². The van der Waals surface area contributed by atoms with E-state index in [0.717, 1.165) is 12.1 Å². The molecule has 1 rings (SSSR count). The van der Waals surface area contributed by atoms with Crippen LogP contribution >= 0.6 is 0 Å². The Bertz CT molecular complexity index is 323. The highest BCUT2D eigenvalue weighted by molar-refractivity contribution is 5.87. The van der Waals surface area contributed by atoms with Gasteiger partial charge in [-0.1, -0.05) is 6.92 Å². The summed E-state index contributed by atoms with van der Waals surface area (Å²) >= 11 is 0. The van der Waals surface area contributed by atoms with E-state index in [-0.39, 0.29) is 0 Å². The van der Waals surface area contributed by atoms with Gasteiger partial charge in [0.25, 0.3) is 0 Å². The van der Waals surface area contributed by atoms with Gasteiger partial charge in [-0.2, -0.15) is 0 Å². The van der Waals surface area contributed by atoms with Gasteiger partial charge in [-0.3, -0.25) is 0 Å². The Kier molecular flexibility index (Phi) is 2.95. The maximum absolute atomic E-state index is 11.1. The van der Waals surface area contributed by atoms with Crippen molar-refractivity contribution in [3.63, 3.8) is 0 Å². The fraction of sp³-hybridized carbons (Fsp3) is 0.444. The lowest BCUT2D eigenvalue weighted by molar-refractivity contribution is 0.0593. The summed E-state index contributed by atoms with van der Waals surface area (Å²) in [6.45, 7) is 3.73. The molecule has 4 nitrogen and oxygen atoms in total. The predicted octanol–water partition coefficient (Wildman–Crippen LogP) is 1.13. The SMILES string of the molecule is CCc1cc(C(=O)OC)nc(C)n1. The van der Waals surface area contributed by atoms with Crippen molar-refractivity contribution < 1.29 is 9.53 Å². The first-order valence-electron chi connectivity index (χ1n) is 4.10. The molecule has 0 fully saturated rings. The van der Waals surface area contributed by atoms with Crippen LogP contribution in [0, 0.1) is 6.92 Å². The summed E-state index contributed by atoms with van der Waals surface area (Å²) in [5.41, 5.74) is 1.18. The molecule has 0 saturated heterocycles. The van der Waals surface area contributed by atoms with Gasteiger partial charge < -0.3 is 4.74 Å². The van der Waals surface area contributed by atoms with E-state index in [1.54, 1.807) is 13.0 Å². The second kappa shape index (κ2) is 3.98. The number of carbonyl (C=O) groups is 1. The van der Waals surface area contributed by atoms with Crippen LogP contribution in [0.1, 0.15) is 28.9 Å². The lowest BCUT2D eigenvalue weighted by atomic mass is 10.2. The molecule has 0 amide bonds. The van der Waals surface area contributed by atoms with Gasteiger partial charge in [0.2, 0.25) is 0 Å². The van der Waals surface area contributed by atoms with Gasteiger partial charge in [-0.15, -0.1) is 0 Å². The summed E-state index contributed by atoms with van der Waals surface area (Å²) < 4.78 is 4.56. The largest absolute Gasteiger partial charge is 0.464 e. The minimum Gasteiger partial charge on any atom is -0.464 e. The van der Waals surface area contributed by atoms with E-state index in [1.165, 1.54) is 7.11 Å². The Morgan fingerprint density at radius 3 is 2.77 bits per heavy atom. The molecule has 0 unspecified atom stereocenters. The Morgan fingerprint density at radius 1 is 1.54 bits per heavy atom. The maximum Gasteiger partial charge on any atom is 0.356 e. The topological polar surface area (TPSA) is 52.1 Å². The minimum atomic E-state index is -0.416. The normalized spacial score (nSPS) is 9.77. The van der Waals surface area contributed by atoms with Gasteiger partial charge >= 0.3 is 5.97 Å². The van der Waals surface area contributed by atoms with Gasteiger partial charge in [-0.25, -0.2) is 14.8 Å². The van der Waals surface area contributed by atoms with Crippen LogP contribution in [0.3, 0.4) is 0 Å². The number of esters is 1. The smallest absolute Gasteiger partial charge is 0.356 e. The van der Waals surface area contributed by atoms with Crippen LogP contribution in [0.4, 0.5) is 0 Å². The highest BCUT2D eigenvalue weighted by Crippen LogP contribution is 2.03. The summed E-state index contributed by atoms with van der Waals surface area (Å²) in [6, 6.07) is 1.65. The molecule has 0 aromatic carbocycles. The zero-order valence-corrected chi connectivity index (χ0v) is 8.00. The van der Waals surface area contributed by atoms with Gasteiger partial charge in [0.1, 0.15) is 5.82 Å². The van der Waals surface area contributed by atoms with E-state index in [4.69, 9.17) is 0 Å². The standard InChI is InChI=1S/C9H12N2O2/c1-4-7-5-8(9(12)13-3)11-6(2)10-7/h5H,4H2,1-3H3. The number of rotatable bonds is 2. The molecule has 70 valence electrons. The first-order valence-corrected chi connectivity index (χ1v) is 4.10. The van der Waals surface area contributed by atoms with Gasteiger partial charge in [-0.05, 0) is 19.4 Å². The zero-order chi connectivity index (χ0) is 9.84. The molecule has 1 heterocycles. The second-order valence-electron chi connectivity index (χ2n) is 2.64. The molecule has 0 saturated carbocycles. The molecule has 0 radical (unpaired) electrons. The molecule has 1 aromatic heterocycles. The maximum atomic E-state index is 11.1. The molecule has 13 heavy (non-hydrogen) atoms. The van der Waals surface area contributed by atoms with Crippen molar-refractivity contribution in [2.45, 2.75) is 20.3 Å². The third kappa shape index (κ3) is 2.24. The summed E-state index contributed by atoms with van der Waals surface area (Å²) in [5.74, 6) is 0.181. The quantitative estimate of drug-likeness (QED) is 0.640. The number of aromatic nitrogens is 2. The summed E-state index contributed by atoms with van der Waals surface area (Å²) in [7, 11) is 1.34. The van der Waals surface area contributed by atoms with Crippen molar-refractivity contribution >= 4 is 5.97 Å². The van der Waals surface area contributed by atoms with Crippen molar-refractivity contribution in [3.05, 3.63) is 23.3 Å². The van der Waals surface area contributed by atoms with E-state index >= 15 is 0 Å². The molecule has 4 heteroatoms. The third-order valence-electron chi connectivity index (χ3n) is 1.65. The molecule has 0 aliphatic carbocycles. The van der Waals surface area contributed by atoms with E-state index in [0.29, 0.717) is 11.5 Å². The molecular formula is C9H12N2O2. The number of nitrogens with zero attached hydrogens (tertiary/aromatic N) is 2. The lowest BCUT2D eigenvalue weighted by Crippen LogP contribution is -2.07. The van der Waals surface area contributed by atoms with Crippen molar-refractivity contribution in [2.75, 3.05) is 7.11 Å². The number of hydrogen-bond acceptors (Lipinski definition) is 4. The van der Waals surface area contributed by atoms with Crippen LogP contribution in [0.2, 0.25) is 0 Å². The van der Waals surface area contributed by atoms with Crippen LogP contribution in [-0.4, -0.2) is 23.0 Å². The Hall–Kier alpha value is -1.45. The number of hydrogen-bond donors (Lipinski definition) is 0. The first-order chi connectivity index (χ1) is 6.17. The van der Waals surface area contributed by atoms with E-state index in [9.17, 15) is 4.79 Å². The van der Waals surface area contributed by atoms with Gasteiger partial charge in [0.15, 0.2) is 5.69 Å². The van der Waals surface area contributed by atoms with Crippen LogP contribution < -0.4 is 0 Å². The van der Waals surface area contributed by atoms with Crippen LogP contribution in [0.15, 0.2) is 6.07 Å². The predicted molar refractivity (Wildman–Crippen MR) is 47.5 cm³/mol. The second-order valence-corrected chi connectivity index (χ2v) is 2.64. The third-order valence-corrected chi connectivity index (χ3v) is 1.65. The van der Waals surface area contributed by atoms with E-state index in [1.807, 2.05) is 6.92 Å². The number of aryl methyl sites for hydroxylation is 2. The van der Waals surface area contributed by atoms with Crippen molar-refractivity contribution in [1.29, 1.82) is 0 Å². The minimum absolute atomic E-state index is 0.326. The molecule has 0 atom stereocenters. The first kappa shape index (κ1) is 9.64. The monoisotopic (exact) mass is 180 g/mol. The summed E-state index contributed by atoms with van der Waals surface area (Å²) in [5, 5.41) is 0. The lowest BCUT2D eigenvalue weighted by Gasteiger charge is -2.02. The highest BCUT2D eigenvalue weighted by Gasteiger charge is 2.08. The molecule has 0 aliphatic rings. The molecule has 0 spiro atoms. The average Bonchev–Trinajstić information content (AvgIpc) is 2.15. The Labute approximate surface area is 77.0 Å².